The second-order valence-corrected chi connectivity index (χ2v) is 7.39. The van der Waals surface area contributed by atoms with Gasteiger partial charge < -0.3 is 0 Å². The minimum absolute atomic E-state index is 0.206. The minimum atomic E-state index is -4.26. The van der Waals surface area contributed by atoms with Gasteiger partial charge in [-0.1, -0.05) is 11.6 Å². The molecule has 2 aromatic carbocycles. The fraction of sp³-hybridized carbons (Fsp3) is 0. The van der Waals surface area contributed by atoms with Crippen molar-refractivity contribution in [3.63, 3.8) is 0 Å². The lowest BCUT2D eigenvalue weighted by Crippen LogP contribution is -2.32. The lowest BCUT2D eigenvalue weighted by molar-refractivity contribution is 0.0955. The van der Waals surface area contributed by atoms with Crippen LogP contribution in [0.1, 0.15) is 10.4 Å². The van der Waals surface area contributed by atoms with Crippen molar-refractivity contribution in [1.82, 2.24) is 8.54 Å². The normalized spacial score (nSPS) is 11.5. The first-order valence-electron chi connectivity index (χ1n) is 7.03. The van der Waals surface area contributed by atoms with Gasteiger partial charge in [0.05, 0.1) is 4.90 Å². The highest BCUT2D eigenvalue weighted by Gasteiger charge is 2.23. The molecule has 6 nitrogen and oxygen atoms in total. The Kier molecular flexibility index (Phi) is 4.51. The van der Waals surface area contributed by atoms with Crippen LogP contribution in [-0.2, 0) is 10.0 Å². The molecule has 1 heterocycles. The molecule has 3 aromatic rings. The summed E-state index contributed by atoms with van der Waals surface area (Å²) < 4.78 is 52.2. The molecule has 0 aliphatic heterocycles. The van der Waals surface area contributed by atoms with Crippen molar-refractivity contribution in [3.05, 3.63) is 87.6 Å². The van der Waals surface area contributed by atoms with Gasteiger partial charge in [-0.05, 0) is 42.5 Å². The Morgan fingerprint density at radius 1 is 0.962 bits per heavy atom. The highest BCUT2D eigenvalue weighted by atomic mass is 35.5. The number of hydrogen-bond donors (Lipinski definition) is 0. The molecule has 0 unspecified atom stereocenters. The maximum Gasteiger partial charge on any atom is 0.349 e. The van der Waals surface area contributed by atoms with Gasteiger partial charge in [0.25, 0.3) is 15.9 Å². The van der Waals surface area contributed by atoms with Crippen LogP contribution in [0.15, 0.2) is 64.5 Å². The molecule has 26 heavy (non-hydrogen) atoms. The number of carbonyl (C=O) groups excluding carboxylic acids is 1. The molecule has 0 N–H and O–H groups in total. The lowest BCUT2D eigenvalue weighted by Gasteiger charge is -2.05. The van der Waals surface area contributed by atoms with Gasteiger partial charge in [-0.15, -0.1) is 0 Å². The van der Waals surface area contributed by atoms with E-state index in [0.29, 0.717) is 19.6 Å². The Balaban J connectivity index is 2.05. The number of nitrogens with zero attached hydrogens (tertiary/aromatic N) is 2. The molecule has 0 aliphatic rings. The number of benzene rings is 2. The standard InChI is InChI=1S/C16H9ClF2N2O4S/c17-11-2-4-12(5-3-11)26(24,25)21-8-7-20(16(21)23)15(22)10-1-6-13(18)14(19)9-10/h1-9H. The topological polar surface area (TPSA) is 78.1 Å². The van der Waals surface area contributed by atoms with Crippen LogP contribution in [0.2, 0.25) is 5.02 Å². The minimum Gasteiger partial charge on any atom is -0.268 e. The van der Waals surface area contributed by atoms with E-state index >= 15 is 0 Å². The van der Waals surface area contributed by atoms with E-state index in [1.807, 2.05) is 0 Å². The van der Waals surface area contributed by atoms with Crippen molar-refractivity contribution in [1.29, 1.82) is 0 Å². The van der Waals surface area contributed by atoms with Crippen LogP contribution in [-0.4, -0.2) is 22.9 Å². The zero-order chi connectivity index (χ0) is 19.1. The molecule has 0 spiro atoms. The molecular weight excluding hydrogens is 390 g/mol. The fourth-order valence-corrected chi connectivity index (χ4v) is 3.53. The van der Waals surface area contributed by atoms with Gasteiger partial charge in [0, 0.05) is 23.0 Å². The summed E-state index contributed by atoms with van der Waals surface area (Å²) >= 11 is 5.71. The number of hydrogen-bond acceptors (Lipinski definition) is 4. The summed E-state index contributed by atoms with van der Waals surface area (Å²) in [5.74, 6) is -3.42. The number of aromatic nitrogens is 2. The molecule has 0 amide bonds. The monoisotopic (exact) mass is 398 g/mol. The first-order chi connectivity index (χ1) is 12.2. The summed E-state index contributed by atoms with van der Waals surface area (Å²) in [5.41, 5.74) is -1.48. The van der Waals surface area contributed by atoms with Crippen LogP contribution in [0.4, 0.5) is 8.78 Å². The van der Waals surface area contributed by atoms with Crippen LogP contribution < -0.4 is 5.69 Å². The lowest BCUT2D eigenvalue weighted by atomic mass is 10.2. The molecule has 0 saturated carbocycles. The third-order valence-electron chi connectivity index (χ3n) is 3.50. The van der Waals surface area contributed by atoms with Crippen molar-refractivity contribution in [2.75, 3.05) is 0 Å². The number of imidazole rings is 1. The Labute approximate surface area is 150 Å². The molecule has 0 fully saturated rings. The summed E-state index contributed by atoms with van der Waals surface area (Å²) in [6.45, 7) is 0. The zero-order valence-electron chi connectivity index (χ0n) is 12.8. The Morgan fingerprint density at radius 2 is 1.62 bits per heavy atom. The van der Waals surface area contributed by atoms with Crippen LogP contribution >= 0.6 is 11.6 Å². The second-order valence-electron chi connectivity index (χ2n) is 5.14. The zero-order valence-corrected chi connectivity index (χ0v) is 14.3. The summed E-state index contributed by atoms with van der Waals surface area (Å²) in [7, 11) is -4.26. The largest absolute Gasteiger partial charge is 0.349 e. The Bertz CT molecular complexity index is 1170. The van der Waals surface area contributed by atoms with Gasteiger partial charge in [-0.25, -0.2) is 26.6 Å². The van der Waals surface area contributed by atoms with Gasteiger partial charge in [-0.3, -0.25) is 4.79 Å². The van der Waals surface area contributed by atoms with E-state index in [9.17, 15) is 26.8 Å². The third-order valence-corrected chi connectivity index (χ3v) is 5.42. The average molecular weight is 399 g/mol. The van der Waals surface area contributed by atoms with Crippen molar-refractivity contribution in [3.8, 4) is 0 Å². The highest BCUT2D eigenvalue weighted by molar-refractivity contribution is 7.90. The quantitative estimate of drug-likeness (QED) is 0.679. The summed E-state index contributed by atoms with van der Waals surface area (Å²) in [6.07, 6.45) is 1.82. The first kappa shape index (κ1) is 18.0. The number of halogens is 3. The van der Waals surface area contributed by atoms with Gasteiger partial charge in [0.1, 0.15) is 0 Å². The van der Waals surface area contributed by atoms with E-state index in [4.69, 9.17) is 11.6 Å². The van der Waals surface area contributed by atoms with Crippen LogP contribution in [0, 0.1) is 11.6 Å². The van der Waals surface area contributed by atoms with E-state index in [2.05, 4.69) is 0 Å². The smallest absolute Gasteiger partial charge is 0.268 e. The molecule has 1 aromatic heterocycles. The van der Waals surface area contributed by atoms with E-state index in [-0.39, 0.29) is 10.5 Å². The molecule has 10 heteroatoms. The predicted molar refractivity (Wildman–Crippen MR) is 88.8 cm³/mol. The summed E-state index contributed by atoms with van der Waals surface area (Å²) in [4.78, 5) is 24.4. The van der Waals surface area contributed by atoms with Gasteiger partial charge >= 0.3 is 5.69 Å². The van der Waals surface area contributed by atoms with E-state index in [1.54, 1.807) is 0 Å². The van der Waals surface area contributed by atoms with Crippen LogP contribution in [0.5, 0.6) is 0 Å². The van der Waals surface area contributed by atoms with Crippen molar-refractivity contribution in [2.45, 2.75) is 4.90 Å². The SMILES string of the molecule is O=C(c1ccc(F)c(F)c1)n1ccn(S(=O)(=O)c2ccc(Cl)cc2)c1=O. The first-order valence-corrected chi connectivity index (χ1v) is 8.84. The van der Waals surface area contributed by atoms with Crippen molar-refractivity contribution >= 4 is 27.5 Å². The summed E-state index contributed by atoms with van der Waals surface area (Å²) in [5, 5.41) is 0.308. The number of rotatable bonds is 3. The molecule has 0 aliphatic carbocycles. The molecule has 3 rings (SSSR count). The molecule has 134 valence electrons. The molecule has 0 bridgehead atoms. The Morgan fingerprint density at radius 3 is 2.23 bits per heavy atom. The van der Waals surface area contributed by atoms with Crippen LogP contribution in [0.25, 0.3) is 0 Å². The molecule has 0 atom stereocenters. The molecule has 0 radical (unpaired) electrons. The maximum atomic E-state index is 13.3. The fourth-order valence-electron chi connectivity index (χ4n) is 2.19. The number of carbonyl (C=O) groups is 1. The van der Waals surface area contributed by atoms with Crippen molar-refractivity contribution < 1.29 is 22.0 Å². The third kappa shape index (κ3) is 3.06. The van der Waals surface area contributed by atoms with Gasteiger partial charge in [-0.2, -0.15) is 3.97 Å². The average Bonchev–Trinajstić information content (AvgIpc) is 2.99. The van der Waals surface area contributed by atoms with E-state index in [1.165, 1.54) is 24.3 Å². The predicted octanol–water partition coefficient (Wildman–Crippen LogP) is 2.51. The van der Waals surface area contributed by atoms with Crippen molar-refractivity contribution in [2.24, 2.45) is 0 Å². The van der Waals surface area contributed by atoms with Gasteiger partial charge in [0.2, 0.25) is 0 Å². The summed E-state index contributed by atoms with van der Waals surface area (Å²) in [6, 6.07) is 7.42. The van der Waals surface area contributed by atoms with Crippen LogP contribution in [0.3, 0.4) is 0 Å². The van der Waals surface area contributed by atoms with Gasteiger partial charge in [0.15, 0.2) is 11.6 Å². The highest BCUT2D eigenvalue weighted by Crippen LogP contribution is 2.16. The second kappa shape index (κ2) is 6.50. The molecular formula is C16H9ClF2N2O4S. The Hall–Kier alpha value is -2.78. The molecule has 0 saturated heterocycles. The van der Waals surface area contributed by atoms with E-state index in [0.717, 1.165) is 24.5 Å². The van der Waals surface area contributed by atoms with E-state index < -0.39 is 33.3 Å². The maximum absolute atomic E-state index is 13.3.